The van der Waals surface area contributed by atoms with Crippen LogP contribution in [0.25, 0.3) is 0 Å². The summed E-state index contributed by atoms with van der Waals surface area (Å²) in [6.07, 6.45) is 6.54. The number of nitrogens with zero attached hydrogens (tertiary/aromatic N) is 1. The minimum Gasteiger partial charge on any atom is -0.478 e. The number of aromatic nitrogens is 1. The van der Waals surface area contributed by atoms with E-state index in [2.05, 4.69) is 17.2 Å². The predicted molar refractivity (Wildman–Crippen MR) is 75.1 cm³/mol. The molecule has 1 aliphatic carbocycles. The second-order valence-corrected chi connectivity index (χ2v) is 5.06. The van der Waals surface area contributed by atoms with Crippen LogP contribution < -0.4 is 10.1 Å². The van der Waals surface area contributed by atoms with Crippen LogP contribution in [0.4, 0.5) is 5.82 Å². The van der Waals surface area contributed by atoms with E-state index < -0.39 is 0 Å². The Hall–Kier alpha value is -1.25. The number of hydrogen-bond donors (Lipinski definition) is 1. The standard InChI is InChI=1S/C15H24N2O/c1-3-12-8-10-13(11-9-12)16-14-6-5-7-15(17-14)18-4-2/h5-7,12-13H,3-4,8-11H2,1-2H3,(H,16,17). The molecule has 0 saturated heterocycles. The fourth-order valence-corrected chi connectivity index (χ4v) is 2.65. The molecule has 0 bridgehead atoms. The highest BCUT2D eigenvalue weighted by Gasteiger charge is 2.19. The molecule has 3 nitrogen and oxygen atoms in total. The van der Waals surface area contributed by atoms with Crippen LogP contribution >= 0.6 is 0 Å². The van der Waals surface area contributed by atoms with Crippen LogP contribution in [-0.4, -0.2) is 17.6 Å². The molecule has 3 heteroatoms. The summed E-state index contributed by atoms with van der Waals surface area (Å²) in [7, 11) is 0. The van der Waals surface area contributed by atoms with Crippen LogP contribution in [-0.2, 0) is 0 Å². The average molecular weight is 248 g/mol. The van der Waals surface area contributed by atoms with E-state index in [9.17, 15) is 0 Å². The number of ether oxygens (including phenoxy) is 1. The topological polar surface area (TPSA) is 34.1 Å². The summed E-state index contributed by atoms with van der Waals surface area (Å²) >= 11 is 0. The van der Waals surface area contributed by atoms with Crippen molar-refractivity contribution < 1.29 is 4.74 Å². The third-order valence-electron chi connectivity index (χ3n) is 3.79. The smallest absolute Gasteiger partial charge is 0.215 e. The first-order valence-electron chi connectivity index (χ1n) is 7.18. The predicted octanol–water partition coefficient (Wildman–Crippen LogP) is 3.86. The zero-order chi connectivity index (χ0) is 12.8. The minimum atomic E-state index is 0.581. The first kappa shape index (κ1) is 13.2. The van der Waals surface area contributed by atoms with Crippen LogP contribution in [0.15, 0.2) is 18.2 Å². The minimum absolute atomic E-state index is 0.581. The molecular weight excluding hydrogens is 224 g/mol. The monoisotopic (exact) mass is 248 g/mol. The van der Waals surface area contributed by atoms with Gasteiger partial charge < -0.3 is 10.1 Å². The Balaban J connectivity index is 1.87. The molecule has 0 unspecified atom stereocenters. The summed E-state index contributed by atoms with van der Waals surface area (Å²) in [5.41, 5.74) is 0. The van der Waals surface area contributed by atoms with Crippen molar-refractivity contribution in [2.24, 2.45) is 5.92 Å². The third kappa shape index (κ3) is 3.62. The second-order valence-electron chi connectivity index (χ2n) is 5.06. The van der Waals surface area contributed by atoms with E-state index in [1.807, 2.05) is 25.1 Å². The Morgan fingerprint density at radius 3 is 2.67 bits per heavy atom. The van der Waals surface area contributed by atoms with E-state index in [1.54, 1.807) is 0 Å². The summed E-state index contributed by atoms with van der Waals surface area (Å²) < 4.78 is 5.42. The van der Waals surface area contributed by atoms with Gasteiger partial charge in [-0.2, -0.15) is 4.98 Å². The lowest BCUT2D eigenvalue weighted by Crippen LogP contribution is -2.26. The van der Waals surface area contributed by atoms with Crippen molar-refractivity contribution >= 4 is 5.82 Å². The lowest BCUT2D eigenvalue weighted by Gasteiger charge is -2.28. The summed E-state index contributed by atoms with van der Waals surface area (Å²) in [5, 5.41) is 3.53. The van der Waals surface area contributed by atoms with E-state index in [-0.39, 0.29) is 0 Å². The molecule has 1 aliphatic rings. The number of pyridine rings is 1. The van der Waals surface area contributed by atoms with E-state index in [4.69, 9.17) is 4.74 Å². The SMILES string of the molecule is CCOc1cccc(NC2CCC(CC)CC2)n1. The molecular formula is C15H24N2O. The van der Waals surface area contributed by atoms with Crippen LogP contribution in [0, 0.1) is 5.92 Å². The number of rotatable bonds is 5. The van der Waals surface area contributed by atoms with E-state index in [1.165, 1.54) is 32.1 Å². The Bertz CT molecular complexity index is 359. The van der Waals surface area contributed by atoms with Crippen LogP contribution in [0.5, 0.6) is 5.88 Å². The van der Waals surface area contributed by atoms with Crippen molar-refractivity contribution in [3.05, 3.63) is 18.2 Å². The van der Waals surface area contributed by atoms with Gasteiger partial charge >= 0.3 is 0 Å². The van der Waals surface area contributed by atoms with Gasteiger partial charge in [0.2, 0.25) is 5.88 Å². The highest BCUT2D eigenvalue weighted by Crippen LogP contribution is 2.28. The molecule has 0 amide bonds. The van der Waals surface area contributed by atoms with Crippen molar-refractivity contribution in [2.75, 3.05) is 11.9 Å². The summed E-state index contributed by atoms with van der Waals surface area (Å²) in [5.74, 6) is 2.59. The van der Waals surface area contributed by atoms with Crippen molar-refractivity contribution in [3.8, 4) is 5.88 Å². The van der Waals surface area contributed by atoms with Gasteiger partial charge in [0.05, 0.1) is 6.61 Å². The van der Waals surface area contributed by atoms with Crippen LogP contribution in [0.3, 0.4) is 0 Å². The Labute approximate surface area is 110 Å². The maximum atomic E-state index is 5.42. The number of hydrogen-bond acceptors (Lipinski definition) is 3. The fourth-order valence-electron chi connectivity index (χ4n) is 2.65. The van der Waals surface area contributed by atoms with Gasteiger partial charge in [-0.05, 0) is 44.6 Å². The number of nitrogens with one attached hydrogen (secondary N) is 1. The van der Waals surface area contributed by atoms with Gasteiger partial charge in [0.25, 0.3) is 0 Å². The van der Waals surface area contributed by atoms with Crippen LogP contribution in [0.2, 0.25) is 0 Å². The zero-order valence-corrected chi connectivity index (χ0v) is 11.5. The lowest BCUT2D eigenvalue weighted by molar-refractivity contribution is 0.323. The van der Waals surface area contributed by atoms with Crippen molar-refractivity contribution in [3.63, 3.8) is 0 Å². The normalized spacial score (nSPS) is 23.7. The van der Waals surface area contributed by atoms with Crippen molar-refractivity contribution in [1.29, 1.82) is 0 Å². The molecule has 0 aliphatic heterocycles. The molecule has 0 atom stereocenters. The summed E-state index contributed by atoms with van der Waals surface area (Å²) in [6.45, 7) is 4.94. The highest BCUT2D eigenvalue weighted by atomic mass is 16.5. The maximum Gasteiger partial charge on any atom is 0.215 e. The van der Waals surface area contributed by atoms with Gasteiger partial charge in [-0.1, -0.05) is 19.4 Å². The highest BCUT2D eigenvalue weighted by molar-refractivity contribution is 5.38. The van der Waals surface area contributed by atoms with Gasteiger partial charge in [-0.25, -0.2) is 0 Å². The number of anilines is 1. The van der Waals surface area contributed by atoms with Gasteiger partial charge in [-0.15, -0.1) is 0 Å². The van der Waals surface area contributed by atoms with E-state index >= 15 is 0 Å². The molecule has 0 spiro atoms. The fraction of sp³-hybridized carbons (Fsp3) is 0.667. The van der Waals surface area contributed by atoms with Gasteiger partial charge in [0.1, 0.15) is 5.82 Å². The van der Waals surface area contributed by atoms with Gasteiger partial charge in [0.15, 0.2) is 0 Å². The van der Waals surface area contributed by atoms with Gasteiger partial charge in [-0.3, -0.25) is 0 Å². The summed E-state index contributed by atoms with van der Waals surface area (Å²) in [6, 6.07) is 6.51. The largest absolute Gasteiger partial charge is 0.478 e. The Morgan fingerprint density at radius 2 is 2.00 bits per heavy atom. The molecule has 1 N–H and O–H groups in total. The van der Waals surface area contributed by atoms with Crippen LogP contribution in [0.1, 0.15) is 46.0 Å². The Kier molecular flexibility index (Phi) is 4.85. The third-order valence-corrected chi connectivity index (χ3v) is 3.79. The first-order valence-corrected chi connectivity index (χ1v) is 7.18. The molecule has 1 heterocycles. The first-order chi connectivity index (χ1) is 8.81. The molecule has 1 aromatic heterocycles. The molecule has 100 valence electrons. The molecule has 18 heavy (non-hydrogen) atoms. The van der Waals surface area contributed by atoms with E-state index in [0.717, 1.165) is 11.7 Å². The molecule has 0 radical (unpaired) electrons. The molecule has 1 fully saturated rings. The van der Waals surface area contributed by atoms with E-state index in [0.29, 0.717) is 18.5 Å². The van der Waals surface area contributed by atoms with Gasteiger partial charge in [0, 0.05) is 12.1 Å². The Morgan fingerprint density at radius 1 is 1.22 bits per heavy atom. The average Bonchev–Trinajstić information content (AvgIpc) is 2.40. The molecule has 0 aromatic carbocycles. The zero-order valence-electron chi connectivity index (χ0n) is 11.5. The summed E-state index contributed by atoms with van der Waals surface area (Å²) in [4.78, 5) is 4.46. The molecule has 1 saturated carbocycles. The molecule has 2 rings (SSSR count). The second kappa shape index (κ2) is 6.62. The van der Waals surface area contributed by atoms with Crippen molar-refractivity contribution in [2.45, 2.75) is 52.0 Å². The van der Waals surface area contributed by atoms with Crippen molar-refractivity contribution in [1.82, 2.24) is 4.98 Å². The lowest BCUT2D eigenvalue weighted by atomic mass is 9.84. The molecule has 1 aromatic rings. The quantitative estimate of drug-likeness (QED) is 0.859. The maximum absolute atomic E-state index is 5.42.